The zero-order chi connectivity index (χ0) is 14.8. The summed E-state index contributed by atoms with van der Waals surface area (Å²) in [6.07, 6.45) is -0.122. The van der Waals surface area contributed by atoms with Crippen molar-refractivity contribution in [1.82, 2.24) is 0 Å². The lowest BCUT2D eigenvalue weighted by atomic mass is 9.75. The maximum atomic E-state index is 12.4. The third-order valence-electron chi connectivity index (χ3n) is 3.09. The summed E-state index contributed by atoms with van der Waals surface area (Å²) in [6.45, 7) is 5.31. The smallest absolute Gasteiger partial charge is 0.177 e. The minimum absolute atomic E-state index is 0.0449. The molecule has 0 spiro atoms. The molecule has 0 aliphatic carbocycles. The van der Waals surface area contributed by atoms with Gasteiger partial charge in [-0.1, -0.05) is 20.8 Å². The Balaban J connectivity index is 5.35. The first-order valence-electron chi connectivity index (χ1n) is 6.12. The van der Waals surface area contributed by atoms with E-state index < -0.39 is 29.2 Å². The van der Waals surface area contributed by atoms with Crippen molar-refractivity contribution in [2.24, 2.45) is 5.41 Å². The van der Waals surface area contributed by atoms with Crippen molar-refractivity contribution in [2.45, 2.75) is 39.2 Å². The van der Waals surface area contributed by atoms with Crippen LogP contribution in [-0.4, -0.2) is 54.6 Å². The largest absolute Gasteiger partial charge is 0.550 e. The lowest BCUT2D eigenvalue weighted by molar-refractivity contribution is -0.875. The number of hydrogen-bond donors (Lipinski definition) is 1. The molecule has 5 heteroatoms. The first kappa shape index (κ1) is 17.1. The van der Waals surface area contributed by atoms with E-state index in [-0.39, 0.29) is 6.54 Å². The molecule has 0 bridgehead atoms. The molecular weight excluding hydrogens is 234 g/mol. The van der Waals surface area contributed by atoms with Gasteiger partial charge in [-0.3, -0.25) is 4.79 Å². The van der Waals surface area contributed by atoms with Crippen LogP contribution in [0.25, 0.3) is 0 Å². The Labute approximate surface area is 109 Å². The Morgan fingerprint density at radius 2 is 1.67 bits per heavy atom. The lowest BCUT2D eigenvalue weighted by Crippen LogP contribution is -2.59. The molecular formula is C13H25NO4. The summed E-state index contributed by atoms with van der Waals surface area (Å²) >= 11 is 0. The number of carboxylic acids is 1. The molecule has 18 heavy (non-hydrogen) atoms. The number of aliphatic carboxylic acids is 1. The molecule has 1 atom stereocenters. The van der Waals surface area contributed by atoms with Crippen LogP contribution < -0.4 is 5.11 Å². The van der Waals surface area contributed by atoms with E-state index in [2.05, 4.69) is 0 Å². The Morgan fingerprint density at radius 3 is 1.94 bits per heavy atom. The van der Waals surface area contributed by atoms with E-state index in [0.717, 1.165) is 0 Å². The average Bonchev–Trinajstić information content (AvgIpc) is 2.12. The molecule has 0 aliphatic heterocycles. The van der Waals surface area contributed by atoms with Gasteiger partial charge in [-0.25, -0.2) is 0 Å². The van der Waals surface area contributed by atoms with Gasteiger partial charge in [0.2, 0.25) is 0 Å². The zero-order valence-corrected chi connectivity index (χ0v) is 12.2. The summed E-state index contributed by atoms with van der Waals surface area (Å²) in [5, 5.41) is 21.3. The topological polar surface area (TPSA) is 77.4 Å². The van der Waals surface area contributed by atoms with Crippen LogP contribution in [0.4, 0.5) is 0 Å². The summed E-state index contributed by atoms with van der Waals surface area (Å²) in [4.78, 5) is 23.2. The molecule has 0 saturated heterocycles. The molecule has 106 valence electrons. The van der Waals surface area contributed by atoms with Gasteiger partial charge >= 0.3 is 0 Å². The highest BCUT2D eigenvalue weighted by molar-refractivity contribution is 5.94. The maximum absolute atomic E-state index is 12.4. The number of carbonyl (C=O) groups excluding carboxylic acids is 2. The SMILES string of the molecule is CCC(C)(C)C(=O)C(O)(CC(=O)[O-])C[N+](C)(C)C. The molecule has 0 aromatic heterocycles. The molecule has 0 heterocycles. The van der Waals surface area contributed by atoms with Crippen LogP contribution in [0.3, 0.4) is 0 Å². The molecule has 0 saturated carbocycles. The molecule has 0 amide bonds. The van der Waals surface area contributed by atoms with E-state index in [1.807, 2.05) is 6.92 Å². The van der Waals surface area contributed by atoms with E-state index in [4.69, 9.17) is 0 Å². The molecule has 1 N–H and O–H groups in total. The molecule has 0 radical (unpaired) electrons. The molecule has 0 aromatic carbocycles. The first-order valence-corrected chi connectivity index (χ1v) is 6.12. The van der Waals surface area contributed by atoms with Gasteiger partial charge in [0.25, 0.3) is 0 Å². The fourth-order valence-corrected chi connectivity index (χ4v) is 2.02. The molecule has 1 unspecified atom stereocenters. The maximum Gasteiger partial charge on any atom is 0.177 e. The fourth-order valence-electron chi connectivity index (χ4n) is 2.02. The second-order valence-corrected chi connectivity index (χ2v) is 6.60. The van der Waals surface area contributed by atoms with Crippen LogP contribution >= 0.6 is 0 Å². The second kappa shape index (κ2) is 5.36. The van der Waals surface area contributed by atoms with Crippen molar-refractivity contribution >= 4 is 11.8 Å². The van der Waals surface area contributed by atoms with Crippen LogP contribution in [0.2, 0.25) is 0 Å². The normalized spacial score (nSPS) is 16.2. The van der Waals surface area contributed by atoms with E-state index >= 15 is 0 Å². The summed E-state index contributed by atoms with van der Waals surface area (Å²) < 4.78 is 0.301. The lowest BCUT2D eigenvalue weighted by Gasteiger charge is -2.38. The van der Waals surface area contributed by atoms with Gasteiger partial charge < -0.3 is 19.5 Å². The predicted molar refractivity (Wildman–Crippen MR) is 66.6 cm³/mol. The number of likely N-dealkylation sites (N-methyl/N-ethyl adjacent to an activating group) is 1. The quantitative estimate of drug-likeness (QED) is 0.629. The van der Waals surface area contributed by atoms with Crippen molar-refractivity contribution in [2.75, 3.05) is 27.7 Å². The highest BCUT2D eigenvalue weighted by Gasteiger charge is 2.47. The number of hydrogen-bond acceptors (Lipinski definition) is 4. The zero-order valence-electron chi connectivity index (χ0n) is 12.2. The highest BCUT2D eigenvalue weighted by Crippen LogP contribution is 2.30. The number of quaternary nitrogens is 1. The van der Waals surface area contributed by atoms with Crippen molar-refractivity contribution in [3.8, 4) is 0 Å². The van der Waals surface area contributed by atoms with Crippen molar-refractivity contribution in [1.29, 1.82) is 0 Å². The third-order valence-corrected chi connectivity index (χ3v) is 3.09. The fraction of sp³-hybridized carbons (Fsp3) is 0.846. The Kier molecular flexibility index (Phi) is 5.08. The molecule has 0 aliphatic rings. The summed E-state index contributed by atoms with van der Waals surface area (Å²) in [6, 6.07) is 0. The molecule has 5 nitrogen and oxygen atoms in total. The van der Waals surface area contributed by atoms with Crippen LogP contribution in [-0.2, 0) is 9.59 Å². The van der Waals surface area contributed by atoms with Crippen molar-refractivity contribution in [3.05, 3.63) is 0 Å². The summed E-state index contributed by atoms with van der Waals surface area (Å²) in [7, 11) is 5.39. The van der Waals surface area contributed by atoms with Gasteiger partial charge in [0.05, 0.1) is 21.1 Å². The number of nitrogens with zero attached hydrogens (tertiary/aromatic N) is 1. The second-order valence-electron chi connectivity index (χ2n) is 6.60. The Bertz CT molecular complexity index is 330. The van der Waals surface area contributed by atoms with Crippen molar-refractivity contribution < 1.29 is 24.3 Å². The molecule has 0 rings (SSSR count). The minimum Gasteiger partial charge on any atom is -0.550 e. The molecule has 0 aromatic rings. The predicted octanol–water partition coefficient (Wildman–Crippen LogP) is -0.431. The van der Waals surface area contributed by atoms with Gasteiger partial charge in [-0.2, -0.15) is 0 Å². The minimum atomic E-state index is -1.88. The van der Waals surface area contributed by atoms with Crippen LogP contribution in [0.15, 0.2) is 0 Å². The summed E-state index contributed by atoms with van der Waals surface area (Å²) in [5.74, 6) is -1.85. The van der Waals surface area contributed by atoms with Crippen LogP contribution in [0, 0.1) is 5.41 Å². The number of Topliss-reactive ketones (excluding diaryl/α,β-unsaturated/α-hetero) is 1. The monoisotopic (exact) mass is 259 g/mol. The Morgan fingerprint density at radius 1 is 1.22 bits per heavy atom. The highest BCUT2D eigenvalue weighted by atomic mass is 16.4. The number of aliphatic hydroxyl groups is 1. The van der Waals surface area contributed by atoms with Gasteiger partial charge in [0.1, 0.15) is 6.54 Å². The number of rotatable bonds is 7. The average molecular weight is 259 g/mol. The van der Waals surface area contributed by atoms with E-state index in [9.17, 15) is 19.8 Å². The molecule has 0 fully saturated rings. The number of ketones is 1. The van der Waals surface area contributed by atoms with Gasteiger partial charge in [-0.15, -0.1) is 0 Å². The van der Waals surface area contributed by atoms with Gasteiger partial charge in [0.15, 0.2) is 11.4 Å². The van der Waals surface area contributed by atoms with E-state index in [0.29, 0.717) is 10.9 Å². The number of carboxylic acid groups (broad SMARTS) is 1. The van der Waals surface area contributed by atoms with Crippen LogP contribution in [0.1, 0.15) is 33.6 Å². The summed E-state index contributed by atoms with van der Waals surface area (Å²) in [5.41, 5.74) is -2.63. The number of carbonyl (C=O) groups is 2. The van der Waals surface area contributed by atoms with E-state index in [1.165, 1.54) is 0 Å². The third kappa shape index (κ3) is 4.74. The standard InChI is InChI=1S/C13H25NO4/c1-7-12(2,3)11(17)13(18,8-10(15)16)9-14(4,5)6/h18H,7-9H2,1-6H3. The van der Waals surface area contributed by atoms with Crippen molar-refractivity contribution in [3.63, 3.8) is 0 Å². The van der Waals surface area contributed by atoms with Crippen LogP contribution in [0.5, 0.6) is 0 Å². The van der Waals surface area contributed by atoms with Gasteiger partial charge in [-0.05, 0) is 6.42 Å². The first-order chi connectivity index (χ1) is 7.84. The Hall–Kier alpha value is -0.940. The van der Waals surface area contributed by atoms with E-state index in [1.54, 1.807) is 35.0 Å². The van der Waals surface area contributed by atoms with Gasteiger partial charge in [0, 0.05) is 17.8 Å².